The molecule has 6 rings (SSSR count). The Bertz CT molecular complexity index is 1840. The third-order valence-electron chi connectivity index (χ3n) is 8.90. The van der Waals surface area contributed by atoms with Gasteiger partial charge in [-0.1, -0.05) is 33.4 Å². The highest BCUT2D eigenvalue weighted by molar-refractivity contribution is 6.28. The van der Waals surface area contributed by atoms with Crippen LogP contribution < -0.4 is 0 Å². The Morgan fingerprint density at radius 1 is 1.00 bits per heavy atom. The Labute approximate surface area is 233 Å². The van der Waals surface area contributed by atoms with E-state index in [9.17, 15) is 9.59 Å². The third kappa shape index (κ3) is 3.79. The molecule has 8 bridgehead atoms. The van der Waals surface area contributed by atoms with E-state index in [1.165, 1.54) is 5.56 Å². The van der Waals surface area contributed by atoms with Gasteiger partial charge in [-0.25, -0.2) is 9.78 Å². The molecule has 0 unspecified atom stereocenters. The fraction of sp³-hybridized carbons (Fsp3) is 0.333. The van der Waals surface area contributed by atoms with Gasteiger partial charge < -0.3 is 14.7 Å². The second-order valence-electron chi connectivity index (χ2n) is 11.0. The molecule has 0 saturated heterocycles. The van der Waals surface area contributed by atoms with Gasteiger partial charge in [0.25, 0.3) is 0 Å². The first-order valence-corrected chi connectivity index (χ1v) is 14.0. The third-order valence-corrected chi connectivity index (χ3v) is 8.90. The van der Waals surface area contributed by atoms with Crippen LogP contribution in [0.5, 0.6) is 0 Å². The lowest BCUT2D eigenvalue weighted by molar-refractivity contribution is -0.154. The summed E-state index contributed by atoms with van der Waals surface area (Å²) in [6, 6.07) is 6.26. The van der Waals surface area contributed by atoms with E-state index in [1.807, 2.05) is 19.1 Å². The van der Waals surface area contributed by atoms with Crippen molar-refractivity contribution in [2.45, 2.75) is 72.6 Å². The zero-order chi connectivity index (χ0) is 28.5. The lowest BCUT2D eigenvalue weighted by Crippen LogP contribution is -2.12. The van der Waals surface area contributed by atoms with Gasteiger partial charge in [-0.05, 0) is 74.1 Å². The van der Waals surface area contributed by atoms with Crippen molar-refractivity contribution in [1.29, 1.82) is 0 Å². The number of carbonyl (C=O) groups excluding carboxylic acids is 2. The molecule has 0 fully saturated rings. The van der Waals surface area contributed by atoms with Gasteiger partial charge >= 0.3 is 11.9 Å². The molecule has 0 radical (unpaired) electrons. The van der Waals surface area contributed by atoms with Crippen LogP contribution in [0.4, 0.5) is 0 Å². The minimum Gasteiger partial charge on any atom is -0.389 e. The fourth-order valence-electron chi connectivity index (χ4n) is 6.58. The highest BCUT2D eigenvalue weighted by Crippen LogP contribution is 2.44. The molecule has 7 nitrogen and oxygen atoms in total. The molecule has 0 spiro atoms. The fourth-order valence-corrected chi connectivity index (χ4v) is 6.58. The summed E-state index contributed by atoms with van der Waals surface area (Å²) in [5.41, 5.74) is 13.1. The molecular formula is C33H34N4O3. The highest BCUT2D eigenvalue weighted by atomic mass is 16.6. The SMILES string of the molecule is C=Cc1c(C)c2cc3nc(c4c5nc(cc6[nH]c(cc1[nH]2)c(C)c6CC)C(C)=C5C(=O)OC(=O)C4)[C@@H](CC)[C@@H]3C. The second kappa shape index (κ2) is 9.44. The number of aromatic nitrogens is 4. The van der Waals surface area contributed by atoms with E-state index < -0.39 is 11.9 Å². The number of aromatic amines is 2. The molecule has 2 N–H and O–H groups in total. The molecule has 2 atom stereocenters. The van der Waals surface area contributed by atoms with Gasteiger partial charge in [-0.15, -0.1) is 0 Å². The lowest BCUT2D eigenvalue weighted by atomic mass is 9.86. The van der Waals surface area contributed by atoms with E-state index in [-0.39, 0.29) is 18.3 Å². The van der Waals surface area contributed by atoms with Crippen LogP contribution in [0.25, 0.3) is 39.3 Å². The van der Waals surface area contributed by atoms with Crippen LogP contribution in [0.3, 0.4) is 0 Å². The standard InChI is InChI=1S/C33H34N4O3/c1-8-19-15(4)23-12-25-17(6)21(10-3)31(36-25)22-11-29(38)40-33(39)30-18(7)26(37-32(22)30)14-28-20(9-2)16(5)24(35-28)13-27(19)34-23/h8,12-14,17,21,34-35H,1,9-11H2,2-7H3/t17-,21-/m0/s1. The van der Waals surface area contributed by atoms with Gasteiger partial charge in [-0.3, -0.25) is 9.78 Å². The van der Waals surface area contributed by atoms with Crippen molar-refractivity contribution in [1.82, 2.24) is 19.9 Å². The minimum atomic E-state index is -0.647. The van der Waals surface area contributed by atoms with Gasteiger partial charge in [0.05, 0.1) is 29.1 Å². The number of nitrogens with zero attached hydrogens (tertiary/aromatic N) is 2. The van der Waals surface area contributed by atoms with Crippen molar-refractivity contribution in [2.24, 2.45) is 0 Å². The quantitative estimate of drug-likeness (QED) is 0.279. The molecule has 7 heteroatoms. The van der Waals surface area contributed by atoms with Crippen LogP contribution in [0.15, 0.2) is 24.8 Å². The Balaban J connectivity index is 1.86. The second-order valence-corrected chi connectivity index (χ2v) is 11.0. The number of aryl methyl sites for hydroxylation is 3. The van der Waals surface area contributed by atoms with Crippen LogP contribution >= 0.6 is 0 Å². The van der Waals surface area contributed by atoms with Crippen molar-refractivity contribution in [3.05, 3.63) is 75.4 Å². The molecule has 0 aliphatic carbocycles. The minimum absolute atomic E-state index is 0.0445. The largest absolute Gasteiger partial charge is 0.389 e. The number of allylic oxidation sites excluding steroid dienone is 1. The van der Waals surface area contributed by atoms with E-state index in [0.29, 0.717) is 28.1 Å². The predicted octanol–water partition coefficient (Wildman–Crippen LogP) is 6.99. The molecule has 204 valence electrons. The summed E-state index contributed by atoms with van der Waals surface area (Å²) in [7, 11) is 0. The average Bonchev–Trinajstić information content (AvgIpc) is 3.57. The Hall–Kier alpha value is -4.26. The number of hydrogen-bond donors (Lipinski definition) is 2. The van der Waals surface area contributed by atoms with E-state index in [4.69, 9.17) is 14.7 Å². The predicted molar refractivity (Wildman–Crippen MR) is 159 cm³/mol. The van der Waals surface area contributed by atoms with E-state index >= 15 is 0 Å². The van der Waals surface area contributed by atoms with Crippen molar-refractivity contribution < 1.29 is 14.3 Å². The molecule has 3 aliphatic heterocycles. The van der Waals surface area contributed by atoms with Crippen LogP contribution in [-0.4, -0.2) is 31.9 Å². The summed E-state index contributed by atoms with van der Waals surface area (Å²) in [6.07, 6.45) is 3.52. The number of hydrogen-bond acceptors (Lipinski definition) is 5. The summed E-state index contributed by atoms with van der Waals surface area (Å²) in [6.45, 7) is 16.6. The maximum Gasteiger partial charge on any atom is 0.348 e. The number of fused-ring (bicyclic) bond motifs is 8. The first-order valence-electron chi connectivity index (χ1n) is 14.0. The number of nitrogens with one attached hydrogen (secondary N) is 2. The summed E-state index contributed by atoms with van der Waals surface area (Å²) in [5.74, 6) is -1.03. The number of rotatable bonds is 3. The maximum atomic E-state index is 13.2. The summed E-state index contributed by atoms with van der Waals surface area (Å²) < 4.78 is 5.25. The molecule has 3 aromatic heterocycles. The number of H-pyrrole nitrogens is 2. The van der Waals surface area contributed by atoms with Gasteiger partial charge in [0.15, 0.2) is 0 Å². The average molecular weight is 535 g/mol. The van der Waals surface area contributed by atoms with Gasteiger partial charge in [0.2, 0.25) is 0 Å². The Morgan fingerprint density at radius 3 is 2.42 bits per heavy atom. The zero-order valence-corrected chi connectivity index (χ0v) is 23.9. The molecule has 0 aromatic carbocycles. The van der Waals surface area contributed by atoms with Gasteiger partial charge in [0, 0.05) is 50.7 Å². The van der Waals surface area contributed by atoms with E-state index in [2.05, 4.69) is 63.3 Å². The molecule has 0 amide bonds. The number of esters is 2. The van der Waals surface area contributed by atoms with Crippen LogP contribution in [0.2, 0.25) is 0 Å². The van der Waals surface area contributed by atoms with Crippen LogP contribution in [-0.2, 0) is 27.2 Å². The topological polar surface area (TPSA) is 101 Å². The molecule has 3 aromatic rings. The summed E-state index contributed by atoms with van der Waals surface area (Å²) >= 11 is 0. The van der Waals surface area contributed by atoms with Crippen molar-refractivity contribution in [3.63, 3.8) is 0 Å². The molecular weight excluding hydrogens is 500 g/mol. The zero-order valence-electron chi connectivity index (χ0n) is 23.9. The van der Waals surface area contributed by atoms with Crippen LogP contribution in [0.1, 0.15) is 96.5 Å². The first-order chi connectivity index (χ1) is 19.2. The summed E-state index contributed by atoms with van der Waals surface area (Å²) in [4.78, 5) is 43.3. The van der Waals surface area contributed by atoms with E-state index in [0.717, 1.165) is 63.0 Å². The molecule has 40 heavy (non-hydrogen) atoms. The number of cyclic esters (lactones) is 2. The Morgan fingerprint density at radius 2 is 1.73 bits per heavy atom. The number of carbonyl (C=O) groups is 2. The molecule has 0 saturated carbocycles. The number of ether oxygens (including phenoxy) is 1. The molecule has 6 heterocycles. The highest BCUT2D eigenvalue weighted by Gasteiger charge is 2.37. The van der Waals surface area contributed by atoms with Gasteiger partial charge in [-0.2, -0.15) is 0 Å². The summed E-state index contributed by atoms with van der Waals surface area (Å²) in [5, 5.41) is 0. The van der Waals surface area contributed by atoms with Gasteiger partial charge in [0.1, 0.15) is 0 Å². The molecule has 3 aliphatic rings. The van der Waals surface area contributed by atoms with Crippen LogP contribution in [0, 0.1) is 13.8 Å². The van der Waals surface area contributed by atoms with Crippen molar-refractivity contribution in [2.75, 3.05) is 0 Å². The Kier molecular flexibility index (Phi) is 6.13. The smallest absolute Gasteiger partial charge is 0.348 e. The van der Waals surface area contributed by atoms with Crippen molar-refractivity contribution >= 4 is 51.2 Å². The first kappa shape index (κ1) is 26.0. The van der Waals surface area contributed by atoms with E-state index in [1.54, 1.807) is 0 Å². The normalized spacial score (nSPS) is 18.6. The maximum absolute atomic E-state index is 13.2. The van der Waals surface area contributed by atoms with Crippen molar-refractivity contribution in [3.8, 4) is 0 Å². The lowest BCUT2D eigenvalue weighted by Gasteiger charge is -2.15. The monoisotopic (exact) mass is 534 g/mol.